The Morgan fingerprint density at radius 1 is 1.45 bits per heavy atom. The second-order valence-corrected chi connectivity index (χ2v) is 6.15. The fourth-order valence-corrected chi connectivity index (χ4v) is 2.96. The number of thioether (sulfide) groups is 1. The zero-order valence-electron chi connectivity index (χ0n) is 12.1. The molecule has 1 atom stereocenters. The number of amides is 1. The Morgan fingerprint density at radius 2 is 2.20 bits per heavy atom. The first-order chi connectivity index (χ1) is 9.66. The fraction of sp³-hybridized carbons (Fsp3) is 0.533. The molecule has 0 saturated carbocycles. The highest BCUT2D eigenvalue weighted by atomic mass is 32.2. The zero-order chi connectivity index (χ0) is 14.4. The van der Waals surface area contributed by atoms with Crippen LogP contribution in [0.2, 0.25) is 0 Å². The molecule has 2 rings (SSSR count). The Morgan fingerprint density at radius 3 is 2.85 bits per heavy atom. The van der Waals surface area contributed by atoms with Gasteiger partial charge in [-0.25, -0.2) is 0 Å². The number of aryl methyl sites for hydroxylation is 1. The van der Waals surface area contributed by atoms with Crippen molar-refractivity contribution in [3.63, 3.8) is 0 Å². The van der Waals surface area contributed by atoms with E-state index < -0.39 is 0 Å². The number of nitrogens with one attached hydrogen (secondary N) is 1. The molecule has 1 aliphatic rings. The lowest BCUT2D eigenvalue weighted by atomic mass is 10.2. The quantitative estimate of drug-likeness (QED) is 0.894. The third-order valence-corrected chi connectivity index (χ3v) is 4.37. The minimum absolute atomic E-state index is 0.0434. The van der Waals surface area contributed by atoms with E-state index in [-0.39, 0.29) is 11.9 Å². The first-order valence-corrected chi connectivity index (χ1v) is 8.08. The maximum Gasteiger partial charge on any atom is 0.240 e. The monoisotopic (exact) mass is 294 g/mol. The Bertz CT molecular complexity index is 430. The lowest BCUT2D eigenvalue weighted by Gasteiger charge is -2.27. The van der Waals surface area contributed by atoms with Gasteiger partial charge in [-0.1, -0.05) is 17.7 Å². The van der Waals surface area contributed by atoms with Gasteiger partial charge in [0.1, 0.15) is 12.4 Å². The summed E-state index contributed by atoms with van der Waals surface area (Å²) in [5.41, 5.74) is 1.21. The molecule has 1 amide bonds. The topological polar surface area (TPSA) is 41.6 Å². The molecule has 1 fully saturated rings. The molecule has 1 aliphatic heterocycles. The largest absolute Gasteiger partial charge is 0.492 e. The Kier molecular flexibility index (Phi) is 5.73. The minimum atomic E-state index is -0.0434. The molecule has 0 bridgehead atoms. The highest BCUT2D eigenvalue weighted by molar-refractivity contribution is 7.99. The summed E-state index contributed by atoms with van der Waals surface area (Å²) in [6, 6.07) is 7.91. The average molecular weight is 294 g/mol. The van der Waals surface area contributed by atoms with Crippen molar-refractivity contribution in [1.29, 1.82) is 0 Å². The summed E-state index contributed by atoms with van der Waals surface area (Å²) in [5.74, 6) is 2.96. The number of benzene rings is 1. The van der Waals surface area contributed by atoms with Crippen molar-refractivity contribution in [2.75, 3.05) is 38.2 Å². The van der Waals surface area contributed by atoms with Gasteiger partial charge in [-0.15, -0.1) is 0 Å². The van der Waals surface area contributed by atoms with Crippen LogP contribution in [0.5, 0.6) is 5.75 Å². The van der Waals surface area contributed by atoms with E-state index in [1.54, 1.807) is 4.90 Å². The van der Waals surface area contributed by atoms with Crippen LogP contribution in [0.15, 0.2) is 24.3 Å². The van der Waals surface area contributed by atoms with Gasteiger partial charge < -0.3 is 15.0 Å². The summed E-state index contributed by atoms with van der Waals surface area (Å²) >= 11 is 1.83. The molecule has 4 nitrogen and oxygen atoms in total. The van der Waals surface area contributed by atoms with Gasteiger partial charge in [0.05, 0.1) is 12.6 Å². The zero-order valence-corrected chi connectivity index (χ0v) is 12.9. The van der Waals surface area contributed by atoms with Crippen LogP contribution >= 0.6 is 11.8 Å². The first-order valence-electron chi connectivity index (χ1n) is 6.92. The fourth-order valence-electron chi connectivity index (χ4n) is 2.04. The summed E-state index contributed by atoms with van der Waals surface area (Å²) in [4.78, 5) is 13.9. The molecule has 1 saturated heterocycles. The molecule has 0 radical (unpaired) electrons. The Labute approximate surface area is 124 Å². The highest BCUT2D eigenvalue weighted by Crippen LogP contribution is 2.12. The number of likely N-dealkylation sites (N-methyl/N-ethyl adjacent to an activating group) is 1. The second kappa shape index (κ2) is 7.55. The molecular formula is C15H22N2O2S. The van der Waals surface area contributed by atoms with Gasteiger partial charge in [-0.2, -0.15) is 11.8 Å². The standard InChI is InChI=1S/C15H22N2O2S/c1-12-3-5-13(6-4-12)19-9-8-17(2)15(18)14-11-20-10-7-16-14/h3-6,14,16H,7-11H2,1-2H3. The predicted octanol–water partition coefficient (Wildman–Crippen LogP) is 1.54. The van der Waals surface area contributed by atoms with Gasteiger partial charge >= 0.3 is 0 Å². The summed E-state index contributed by atoms with van der Waals surface area (Å²) in [6.07, 6.45) is 0. The number of carbonyl (C=O) groups excluding carboxylic acids is 1. The Hall–Kier alpha value is -1.20. The summed E-state index contributed by atoms with van der Waals surface area (Å²) < 4.78 is 5.65. The maximum atomic E-state index is 12.2. The molecule has 0 aromatic heterocycles. The van der Waals surface area contributed by atoms with Gasteiger partial charge in [0, 0.05) is 25.1 Å². The number of nitrogens with zero attached hydrogens (tertiary/aromatic N) is 1. The second-order valence-electron chi connectivity index (χ2n) is 5.00. The van der Waals surface area contributed by atoms with Crippen LogP contribution in [0.1, 0.15) is 5.56 Å². The van der Waals surface area contributed by atoms with Crippen LogP contribution in [0, 0.1) is 6.92 Å². The van der Waals surface area contributed by atoms with Crippen molar-refractivity contribution in [2.24, 2.45) is 0 Å². The third-order valence-electron chi connectivity index (χ3n) is 3.31. The van der Waals surface area contributed by atoms with Gasteiger partial charge in [0.2, 0.25) is 5.91 Å². The van der Waals surface area contributed by atoms with Crippen LogP contribution in [0.3, 0.4) is 0 Å². The van der Waals surface area contributed by atoms with Crippen LogP contribution in [-0.4, -0.2) is 55.1 Å². The number of ether oxygens (including phenoxy) is 1. The molecule has 1 aromatic carbocycles. The van der Waals surface area contributed by atoms with Crippen molar-refractivity contribution < 1.29 is 9.53 Å². The molecule has 0 spiro atoms. The summed E-state index contributed by atoms with van der Waals surface area (Å²) in [6.45, 7) is 4.08. The van der Waals surface area contributed by atoms with E-state index in [1.807, 2.05) is 50.0 Å². The molecule has 0 aliphatic carbocycles. The normalized spacial score (nSPS) is 18.6. The lowest BCUT2D eigenvalue weighted by Crippen LogP contribution is -2.50. The van der Waals surface area contributed by atoms with Crippen molar-refractivity contribution in [2.45, 2.75) is 13.0 Å². The van der Waals surface area contributed by atoms with E-state index in [9.17, 15) is 4.79 Å². The van der Waals surface area contributed by atoms with Crippen molar-refractivity contribution in [1.82, 2.24) is 10.2 Å². The average Bonchev–Trinajstić information content (AvgIpc) is 2.49. The molecule has 20 heavy (non-hydrogen) atoms. The molecular weight excluding hydrogens is 272 g/mol. The molecule has 1 N–H and O–H groups in total. The van der Waals surface area contributed by atoms with Crippen molar-refractivity contribution >= 4 is 17.7 Å². The summed E-state index contributed by atoms with van der Waals surface area (Å²) in [5, 5.41) is 3.26. The molecule has 110 valence electrons. The number of hydrogen-bond acceptors (Lipinski definition) is 4. The number of hydrogen-bond donors (Lipinski definition) is 1. The van der Waals surface area contributed by atoms with Crippen LogP contribution in [0.4, 0.5) is 0 Å². The van der Waals surface area contributed by atoms with E-state index in [0.29, 0.717) is 13.2 Å². The van der Waals surface area contributed by atoms with E-state index >= 15 is 0 Å². The van der Waals surface area contributed by atoms with E-state index in [0.717, 1.165) is 23.8 Å². The first kappa shape index (κ1) is 15.2. The molecule has 1 heterocycles. The predicted molar refractivity (Wildman–Crippen MR) is 83.4 cm³/mol. The molecule has 5 heteroatoms. The Balaban J connectivity index is 1.72. The minimum Gasteiger partial charge on any atom is -0.492 e. The lowest BCUT2D eigenvalue weighted by molar-refractivity contribution is -0.131. The maximum absolute atomic E-state index is 12.2. The van der Waals surface area contributed by atoms with Gasteiger partial charge in [0.15, 0.2) is 0 Å². The van der Waals surface area contributed by atoms with Gasteiger partial charge in [-0.05, 0) is 19.1 Å². The van der Waals surface area contributed by atoms with E-state index in [4.69, 9.17) is 4.74 Å². The van der Waals surface area contributed by atoms with Crippen LogP contribution < -0.4 is 10.1 Å². The summed E-state index contributed by atoms with van der Waals surface area (Å²) in [7, 11) is 1.84. The van der Waals surface area contributed by atoms with E-state index in [1.165, 1.54) is 5.56 Å². The number of carbonyl (C=O) groups is 1. The van der Waals surface area contributed by atoms with Crippen LogP contribution in [-0.2, 0) is 4.79 Å². The molecule has 1 unspecified atom stereocenters. The third kappa shape index (κ3) is 4.42. The number of rotatable bonds is 5. The SMILES string of the molecule is Cc1ccc(OCCN(C)C(=O)C2CSCCN2)cc1. The smallest absolute Gasteiger partial charge is 0.240 e. The van der Waals surface area contributed by atoms with E-state index in [2.05, 4.69) is 5.32 Å². The van der Waals surface area contributed by atoms with Gasteiger partial charge in [0.25, 0.3) is 0 Å². The van der Waals surface area contributed by atoms with Gasteiger partial charge in [-0.3, -0.25) is 4.79 Å². The molecule has 1 aromatic rings. The van der Waals surface area contributed by atoms with Crippen LogP contribution in [0.25, 0.3) is 0 Å². The van der Waals surface area contributed by atoms with Crippen molar-refractivity contribution in [3.8, 4) is 5.75 Å². The van der Waals surface area contributed by atoms with Crippen molar-refractivity contribution in [3.05, 3.63) is 29.8 Å². The highest BCUT2D eigenvalue weighted by Gasteiger charge is 2.23.